The van der Waals surface area contributed by atoms with E-state index in [0.29, 0.717) is 72.7 Å². The number of hydrogen-bond donors (Lipinski definition) is 4. The number of anilines is 2. The molecule has 9 aromatic rings. The first-order valence-corrected chi connectivity index (χ1v) is 30.0. The lowest BCUT2D eigenvalue weighted by Gasteiger charge is -2.32. The predicted molar refractivity (Wildman–Crippen MR) is 353 cm³/mol. The second-order valence-corrected chi connectivity index (χ2v) is 22.8. The molecule has 8 bridgehead atoms. The summed E-state index contributed by atoms with van der Waals surface area (Å²) >= 11 is 0. The largest absolute Gasteiger partial charge is 0.871 e. The van der Waals surface area contributed by atoms with Gasteiger partial charge < -0.3 is 31.3 Å². The van der Waals surface area contributed by atoms with Gasteiger partial charge in [-0.05, 0) is 145 Å². The first-order valence-electron chi connectivity index (χ1n) is 30.0. The average molecular weight is 1190 g/mol. The van der Waals surface area contributed by atoms with Crippen LogP contribution < -0.4 is 31.3 Å². The molecule has 4 heterocycles. The second kappa shape index (κ2) is 27.6. The van der Waals surface area contributed by atoms with Crippen molar-refractivity contribution in [2.75, 3.05) is 4.90 Å². The summed E-state index contributed by atoms with van der Waals surface area (Å²) in [5.74, 6) is -1.53. The Kier molecular flexibility index (Phi) is 18.6. The number of aryl methyl sites for hydroxylation is 4. The Bertz CT molecular complexity index is 4130. The van der Waals surface area contributed by atoms with Crippen molar-refractivity contribution in [1.29, 1.82) is 0 Å². The van der Waals surface area contributed by atoms with E-state index in [9.17, 15) is 29.1 Å². The van der Waals surface area contributed by atoms with Gasteiger partial charge in [0.2, 0.25) is 11.4 Å². The number of benzene rings is 9. The Morgan fingerprint density at radius 3 is 1.28 bits per heavy atom. The zero-order chi connectivity index (χ0) is 62.7. The van der Waals surface area contributed by atoms with Gasteiger partial charge in [-0.15, -0.1) is 0 Å². The van der Waals surface area contributed by atoms with Crippen LogP contribution in [0.3, 0.4) is 0 Å². The van der Waals surface area contributed by atoms with Gasteiger partial charge >= 0.3 is 0 Å². The van der Waals surface area contributed by atoms with Crippen molar-refractivity contribution in [3.8, 4) is 0 Å². The third-order valence-corrected chi connectivity index (χ3v) is 16.1. The molecular formula is C78H68N6O6. The van der Waals surface area contributed by atoms with E-state index in [0.717, 1.165) is 45.0 Å². The van der Waals surface area contributed by atoms with Crippen LogP contribution in [0.1, 0.15) is 103 Å². The minimum Gasteiger partial charge on any atom is -0.871 e. The van der Waals surface area contributed by atoms with Gasteiger partial charge in [0.25, 0.3) is 23.6 Å². The first-order chi connectivity index (χ1) is 43.7. The summed E-state index contributed by atoms with van der Waals surface area (Å²) in [5.41, 5.74) is 18.3. The molecule has 4 amide bonds. The SMILES string of the molecule is Cc1ccc(N(Cc2ccccc2)c2ccc(C3=C([O-])C(=C4C=CC(=[N+](Cc5ccccc5)c5ccc(C)cc5C)C=C4)C3=O)cc2)c(C)c1.O=C1NCc2ccc(cc2)CNC(=O)c2cccc(c2)C(=O)NCc2ccc(cc2)CNC(=O)c2cccc1c2. The van der Waals surface area contributed by atoms with Crippen molar-refractivity contribution < 1.29 is 33.7 Å². The predicted octanol–water partition coefficient (Wildman–Crippen LogP) is 13.0. The standard InChI is InChI=1S/C46H40N2O2.C32H28N4O4/c1-31-15-25-41(33(3)27-31)47(29-35-11-7-5-8-12-35)39-21-17-37(18-22-39)43-45(49)44(46(43)50)38-19-23-40(24-20-38)48(30-36-13-9-6-10-14-36)42-26-16-32(2)28-34(42)4;37-29-25-3-1-4-26(15-25)30(38)34-18-22-9-13-24(14-10-22)20-36-32(40)28-6-2-5-27(16-28)31(39)35-19-23-11-7-21(8-12-23)17-33-29/h5-28H,29-30H2,1-4H3;1-16H,17-20H2,(H,33,37)(H,34,38)(H,35,39)(H,36,40). The minimum atomic E-state index is -0.280. The molecule has 0 saturated heterocycles. The number of rotatable bonds is 8. The van der Waals surface area contributed by atoms with Gasteiger partial charge in [-0.25, -0.2) is 0 Å². The van der Waals surface area contributed by atoms with Gasteiger partial charge in [0, 0.05) is 107 Å². The van der Waals surface area contributed by atoms with Crippen LogP contribution in [0.5, 0.6) is 0 Å². The topological polar surface area (TPSA) is 163 Å². The Morgan fingerprint density at radius 1 is 0.411 bits per heavy atom. The van der Waals surface area contributed by atoms with E-state index < -0.39 is 0 Å². The quantitative estimate of drug-likeness (QED) is 0.0869. The lowest BCUT2D eigenvalue weighted by Crippen LogP contribution is -2.30. The van der Waals surface area contributed by atoms with Crippen molar-refractivity contribution in [3.05, 3.63) is 343 Å². The molecule has 0 fully saturated rings. The van der Waals surface area contributed by atoms with E-state index in [2.05, 4.69) is 143 Å². The second-order valence-electron chi connectivity index (χ2n) is 22.8. The molecule has 6 aliphatic rings. The van der Waals surface area contributed by atoms with Crippen LogP contribution in [-0.2, 0) is 44.1 Å². The number of nitrogens with one attached hydrogen (secondary N) is 4. The van der Waals surface area contributed by atoms with E-state index in [-0.39, 0.29) is 46.3 Å². The summed E-state index contributed by atoms with van der Waals surface area (Å²) < 4.78 is 2.28. The molecule has 0 spiro atoms. The van der Waals surface area contributed by atoms with E-state index in [1.165, 1.54) is 33.4 Å². The average Bonchev–Trinajstić information content (AvgIpc) is 0.778. The van der Waals surface area contributed by atoms with E-state index >= 15 is 0 Å². The fraction of sp³-hybridized carbons (Fsp3) is 0.128. The highest BCUT2D eigenvalue weighted by Gasteiger charge is 2.31. The molecule has 4 aliphatic heterocycles. The van der Waals surface area contributed by atoms with Gasteiger partial charge in [0.05, 0.1) is 0 Å². The molecule has 446 valence electrons. The molecule has 2 aliphatic carbocycles. The lowest BCUT2D eigenvalue weighted by atomic mass is 9.80. The van der Waals surface area contributed by atoms with Crippen LogP contribution in [0.4, 0.5) is 17.1 Å². The maximum Gasteiger partial charge on any atom is 0.251 e. The van der Waals surface area contributed by atoms with Gasteiger partial charge in [0.15, 0.2) is 12.3 Å². The summed E-state index contributed by atoms with van der Waals surface area (Å²) in [6, 6.07) is 69.7. The molecule has 9 aromatic carbocycles. The summed E-state index contributed by atoms with van der Waals surface area (Å²) in [6.07, 6.45) is 7.80. The molecular weight excluding hydrogens is 1120 g/mol. The number of allylic oxidation sites excluding steroid dienone is 7. The zero-order valence-electron chi connectivity index (χ0n) is 50.7. The Hall–Kier alpha value is -11.2. The maximum absolute atomic E-state index is 13.6. The van der Waals surface area contributed by atoms with Crippen LogP contribution in [0.15, 0.2) is 260 Å². The molecule has 0 unspecified atom stereocenters. The van der Waals surface area contributed by atoms with Crippen molar-refractivity contribution in [1.82, 2.24) is 21.3 Å². The molecule has 12 heteroatoms. The smallest absolute Gasteiger partial charge is 0.251 e. The number of carbonyl (C=O) groups excluding carboxylic acids is 5. The van der Waals surface area contributed by atoms with Crippen LogP contribution in [-0.4, -0.2) is 39.7 Å². The number of carbonyl (C=O) groups is 5. The molecule has 0 saturated carbocycles. The molecule has 90 heavy (non-hydrogen) atoms. The first kappa shape index (κ1) is 60.4. The Labute approximate surface area is 525 Å². The van der Waals surface area contributed by atoms with E-state index in [1.807, 2.05) is 109 Å². The molecule has 0 radical (unpaired) electrons. The highest BCUT2D eigenvalue weighted by Crippen LogP contribution is 2.39. The zero-order valence-corrected chi connectivity index (χ0v) is 50.7. The fourth-order valence-corrected chi connectivity index (χ4v) is 11.2. The molecule has 0 atom stereocenters. The maximum atomic E-state index is 13.6. The third-order valence-electron chi connectivity index (χ3n) is 16.1. The fourth-order valence-electron chi connectivity index (χ4n) is 11.2. The van der Waals surface area contributed by atoms with Crippen LogP contribution in [0, 0.1) is 27.7 Å². The number of Topliss-reactive ketones (excluding diaryl/α,β-unsaturated/α-hetero) is 1. The minimum absolute atomic E-state index is 0.207. The number of hydrogen-bond acceptors (Lipinski definition) is 7. The number of ketones is 1. The van der Waals surface area contributed by atoms with Gasteiger partial charge in [-0.1, -0.05) is 169 Å². The van der Waals surface area contributed by atoms with E-state index in [1.54, 1.807) is 48.5 Å². The molecule has 15 rings (SSSR count). The molecule has 0 aromatic heterocycles. The number of nitrogens with zero attached hydrogens (tertiary/aromatic N) is 2. The van der Waals surface area contributed by atoms with Crippen molar-refractivity contribution in [2.45, 2.75) is 67.0 Å². The van der Waals surface area contributed by atoms with Gasteiger partial charge in [0.1, 0.15) is 0 Å². The number of amides is 4. The summed E-state index contributed by atoms with van der Waals surface area (Å²) in [4.78, 5) is 66.8. The molecule has 4 N–H and O–H groups in total. The summed E-state index contributed by atoms with van der Waals surface area (Å²) in [5, 5.41) is 25.1. The van der Waals surface area contributed by atoms with Gasteiger partial charge in [-0.3, -0.25) is 24.0 Å². The van der Waals surface area contributed by atoms with Gasteiger partial charge in [-0.2, -0.15) is 4.58 Å². The van der Waals surface area contributed by atoms with E-state index in [4.69, 9.17) is 0 Å². The summed E-state index contributed by atoms with van der Waals surface area (Å²) in [7, 11) is 0. The third kappa shape index (κ3) is 14.4. The normalized spacial score (nSPS) is 14.2. The Morgan fingerprint density at radius 2 is 0.844 bits per heavy atom. The van der Waals surface area contributed by atoms with Crippen LogP contribution >= 0.6 is 0 Å². The monoisotopic (exact) mass is 1180 g/mol. The Balaban J connectivity index is 0.000000190. The summed E-state index contributed by atoms with van der Waals surface area (Å²) in [6.45, 7) is 11.1. The van der Waals surface area contributed by atoms with Crippen LogP contribution in [0.25, 0.3) is 5.57 Å². The lowest BCUT2D eigenvalue weighted by molar-refractivity contribution is -0.456. The van der Waals surface area contributed by atoms with Crippen molar-refractivity contribution in [2.24, 2.45) is 0 Å². The highest BCUT2D eigenvalue weighted by atomic mass is 16.3. The highest BCUT2D eigenvalue weighted by molar-refractivity contribution is 6.39. The molecule has 12 nitrogen and oxygen atoms in total. The van der Waals surface area contributed by atoms with Crippen molar-refractivity contribution in [3.63, 3.8) is 0 Å². The van der Waals surface area contributed by atoms with Crippen LogP contribution in [0.2, 0.25) is 0 Å². The van der Waals surface area contributed by atoms with Crippen molar-refractivity contribution >= 4 is 57.8 Å².